The van der Waals surface area contributed by atoms with Crippen LogP contribution >= 0.6 is 0 Å². The van der Waals surface area contributed by atoms with E-state index in [9.17, 15) is 8.42 Å². The molecule has 0 heterocycles. The number of sulfonamides is 1. The van der Waals surface area contributed by atoms with Gasteiger partial charge in [0.2, 0.25) is 10.0 Å². The molecule has 0 aliphatic heterocycles. The van der Waals surface area contributed by atoms with E-state index in [-0.39, 0.29) is 23.5 Å². The molecular formula is C11H23N3O3S. The maximum Gasteiger partial charge on any atom is 0.216 e. The Hall–Kier alpha value is -0.820. The fraction of sp³-hybridized carbons (Fsp3) is 0.909. The molecule has 18 heavy (non-hydrogen) atoms. The van der Waals surface area contributed by atoms with E-state index in [0.29, 0.717) is 6.54 Å². The fourth-order valence-electron chi connectivity index (χ4n) is 2.31. The van der Waals surface area contributed by atoms with E-state index in [1.807, 2.05) is 6.92 Å². The Morgan fingerprint density at radius 3 is 2.50 bits per heavy atom. The first-order chi connectivity index (χ1) is 8.43. The molecule has 1 aliphatic carbocycles. The zero-order chi connectivity index (χ0) is 13.8. The molecular weight excluding hydrogens is 254 g/mol. The van der Waals surface area contributed by atoms with Crippen LogP contribution in [-0.2, 0) is 10.0 Å². The number of nitrogens with zero attached hydrogens (tertiary/aromatic N) is 2. The number of oxime groups is 1. The highest BCUT2D eigenvalue weighted by molar-refractivity contribution is 7.89. The lowest BCUT2D eigenvalue weighted by Gasteiger charge is -2.26. The second-order valence-electron chi connectivity index (χ2n) is 4.83. The van der Waals surface area contributed by atoms with Gasteiger partial charge in [0.05, 0.1) is 5.25 Å². The predicted molar refractivity (Wildman–Crippen MR) is 71.0 cm³/mol. The average molecular weight is 277 g/mol. The molecule has 0 bridgehead atoms. The molecule has 0 aromatic carbocycles. The molecule has 3 N–H and O–H groups in total. The molecule has 1 aliphatic rings. The summed E-state index contributed by atoms with van der Waals surface area (Å²) in [5.41, 5.74) is 5.49. The van der Waals surface area contributed by atoms with Crippen LogP contribution in [0.3, 0.4) is 0 Å². The first kappa shape index (κ1) is 15.2. The molecule has 1 unspecified atom stereocenters. The van der Waals surface area contributed by atoms with Gasteiger partial charge in [-0.3, -0.25) is 0 Å². The largest absolute Gasteiger partial charge is 0.409 e. The minimum atomic E-state index is -3.25. The van der Waals surface area contributed by atoms with E-state index in [1.165, 1.54) is 4.31 Å². The molecule has 0 saturated heterocycles. The van der Waals surface area contributed by atoms with Crippen LogP contribution in [0.4, 0.5) is 0 Å². The Balaban J connectivity index is 2.76. The van der Waals surface area contributed by atoms with Gasteiger partial charge in [0.25, 0.3) is 0 Å². The normalized spacial score (nSPS) is 20.5. The lowest BCUT2D eigenvalue weighted by Crippen LogP contribution is -2.42. The summed E-state index contributed by atoms with van der Waals surface area (Å²) in [5, 5.41) is 11.3. The monoisotopic (exact) mass is 277 g/mol. The Labute approximate surface area is 109 Å². The summed E-state index contributed by atoms with van der Waals surface area (Å²) in [4.78, 5) is 0. The highest BCUT2D eigenvalue weighted by Gasteiger charge is 2.34. The molecule has 106 valence electrons. The average Bonchev–Trinajstić information content (AvgIpc) is 2.88. The van der Waals surface area contributed by atoms with Crippen LogP contribution in [0.25, 0.3) is 0 Å². The zero-order valence-corrected chi connectivity index (χ0v) is 11.9. The highest BCUT2D eigenvalue weighted by atomic mass is 32.2. The molecule has 1 fully saturated rings. The fourth-order valence-corrected chi connectivity index (χ4v) is 4.45. The zero-order valence-electron chi connectivity index (χ0n) is 11.0. The van der Waals surface area contributed by atoms with Gasteiger partial charge in [-0.2, -0.15) is 0 Å². The Kier molecular flexibility index (Phi) is 5.40. The van der Waals surface area contributed by atoms with Crippen molar-refractivity contribution in [2.24, 2.45) is 16.8 Å². The van der Waals surface area contributed by atoms with Crippen LogP contribution < -0.4 is 5.73 Å². The molecule has 0 aromatic rings. The van der Waals surface area contributed by atoms with Gasteiger partial charge >= 0.3 is 0 Å². The van der Waals surface area contributed by atoms with Crippen LogP contribution in [0.1, 0.15) is 39.5 Å². The molecule has 1 saturated carbocycles. The van der Waals surface area contributed by atoms with Crippen LogP contribution in [0, 0.1) is 5.92 Å². The smallest absolute Gasteiger partial charge is 0.216 e. The third-order valence-electron chi connectivity index (χ3n) is 3.53. The van der Waals surface area contributed by atoms with Gasteiger partial charge in [-0.15, -0.1) is 0 Å². The molecule has 0 amide bonds. The Morgan fingerprint density at radius 1 is 1.50 bits per heavy atom. The van der Waals surface area contributed by atoms with Gasteiger partial charge in [-0.25, -0.2) is 12.7 Å². The van der Waals surface area contributed by atoms with Crippen molar-refractivity contribution in [3.05, 3.63) is 0 Å². The minimum Gasteiger partial charge on any atom is -0.409 e. The summed E-state index contributed by atoms with van der Waals surface area (Å²) in [6, 6.07) is 0. The number of hydrogen-bond donors (Lipinski definition) is 2. The van der Waals surface area contributed by atoms with Crippen LogP contribution in [-0.4, -0.2) is 42.1 Å². The Morgan fingerprint density at radius 2 is 2.06 bits per heavy atom. The van der Waals surface area contributed by atoms with Gasteiger partial charge < -0.3 is 10.9 Å². The molecule has 1 atom stereocenters. The standard InChI is InChI=1S/C11H23N3O3S/c1-3-14(8-9(2)11(12)13-15)18(16,17)10-6-4-5-7-10/h9-10,15H,3-8H2,1-2H3,(H2,12,13). The van der Waals surface area contributed by atoms with Gasteiger partial charge in [0, 0.05) is 19.0 Å². The molecule has 0 spiro atoms. The summed E-state index contributed by atoms with van der Waals surface area (Å²) >= 11 is 0. The van der Waals surface area contributed by atoms with Gasteiger partial charge in [-0.1, -0.05) is 31.8 Å². The quantitative estimate of drug-likeness (QED) is 0.327. The number of rotatable bonds is 6. The number of amidine groups is 1. The predicted octanol–water partition coefficient (Wildman–Crippen LogP) is 0.963. The van der Waals surface area contributed by atoms with Crippen LogP contribution in [0.5, 0.6) is 0 Å². The van der Waals surface area contributed by atoms with Crippen molar-refractivity contribution < 1.29 is 13.6 Å². The first-order valence-corrected chi connectivity index (χ1v) is 7.90. The molecule has 7 heteroatoms. The maximum absolute atomic E-state index is 12.4. The van der Waals surface area contributed by atoms with E-state index >= 15 is 0 Å². The van der Waals surface area contributed by atoms with Crippen molar-refractivity contribution in [3.8, 4) is 0 Å². The molecule has 0 radical (unpaired) electrons. The van der Waals surface area contributed by atoms with Crippen molar-refractivity contribution in [3.63, 3.8) is 0 Å². The number of nitrogens with two attached hydrogens (primary N) is 1. The van der Waals surface area contributed by atoms with E-state index < -0.39 is 10.0 Å². The lowest BCUT2D eigenvalue weighted by atomic mass is 10.1. The summed E-state index contributed by atoms with van der Waals surface area (Å²) in [6.07, 6.45) is 3.46. The second kappa shape index (κ2) is 6.38. The van der Waals surface area contributed by atoms with Crippen molar-refractivity contribution in [1.82, 2.24) is 4.31 Å². The maximum atomic E-state index is 12.4. The lowest BCUT2D eigenvalue weighted by molar-refractivity contribution is 0.311. The Bertz CT molecular complexity index is 388. The first-order valence-electron chi connectivity index (χ1n) is 6.39. The van der Waals surface area contributed by atoms with E-state index in [0.717, 1.165) is 25.7 Å². The molecule has 1 rings (SSSR count). The SMILES string of the molecule is CCN(CC(C)C(N)=NO)S(=O)(=O)C1CCCC1. The summed E-state index contributed by atoms with van der Waals surface area (Å²) in [6.45, 7) is 4.25. The van der Waals surface area contributed by atoms with Crippen molar-refractivity contribution in [1.29, 1.82) is 0 Å². The highest BCUT2D eigenvalue weighted by Crippen LogP contribution is 2.27. The second-order valence-corrected chi connectivity index (χ2v) is 7.04. The van der Waals surface area contributed by atoms with Crippen LogP contribution in [0.2, 0.25) is 0 Å². The summed E-state index contributed by atoms with van der Waals surface area (Å²) < 4.78 is 26.2. The van der Waals surface area contributed by atoms with Crippen molar-refractivity contribution in [2.75, 3.05) is 13.1 Å². The van der Waals surface area contributed by atoms with E-state index in [4.69, 9.17) is 10.9 Å². The number of hydrogen-bond acceptors (Lipinski definition) is 4. The third kappa shape index (κ3) is 3.35. The van der Waals surface area contributed by atoms with Gasteiger partial charge in [-0.05, 0) is 12.8 Å². The molecule has 0 aromatic heterocycles. The van der Waals surface area contributed by atoms with Gasteiger partial charge in [0.15, 0.2) is 0 Å². The van der Waals surface area contributed by atoms with Crippen molar-refractivity contribution >= 4 is 15.9 Å². The molecule has 6 nitrogen and oxygen atoms in total. The van der Waals surface area contributed by atoms with Crippen molar-refractivity contribution in [2.45, 2.75) is 44.8 Å². The van der Waals surface area contributed by atoms with E-state index in [2.05, 4.69) is 5.16 Å². The minimum absolute atomic E-state index is 0.0649. The van der Waals surface area contributed by atoms with E-state index in [1.54, 1.807) is 6.92 Å². The third-order valence-corrected chi connectivity index (χ3v) is 5.97. The topological polar surface area (TPSA) is 96.0 Å². The van der Waals surface area contributed by atoms with Gasteiger partial charge in [0.1, 0.15) is 5.84 Å². The summed E-state index contributed by atoms with van der Waals surface area (Å²) in [7, 11) is -3.25. The summed E-state index contributed by atoms with van der Waals surface area (Å²) in [5.74, 6) is -0.221. The van der Waals surface area contributed by atoms with Crippen LogP contribution in [0.15, 0.2) is 5.16 Å².